The molecule has 1 unspecified atom stereocenters. The van der Waals surface area contributed by atoms with Gasteiger partial charge in [0.25, 0.3) is 0 Å². The number of fused-ring (bicyclic) bond motifs is 2. The monoisotopic (exact) mass is 588 g/mol. The number of hydrogen-bond acceptors (Lipinski definition) is 9. The molecular formula is C32H44N8O3. The second-order valence-electron chi connectivity index (χ2n) is 11.6. The minimum absolute atomic E-state index is 0.122. The van der Waals surface area contributed by atoms with Gasteiger partial charge >= 0.3 is 6.01 Å². The summed E-state index contributed by atoms with van der Waals surface area (Å²) in [5.41, 5.74) is 4.45. The number of aryl methyl sites for hydroxylation is 1. The number of likely N-dealkylation sites (tertiary alicyclic amines) is 1. The molecule has 1 saturated heterocycles. The highest BCUT2D eigenvalue weighted by Crippen LogP contribution is 2.47. The molecule has 3 aromatic rings. The van der Waals surface area contributed by atoms with E-state index in [0.29, 0.717) is 55.7 Å². The Bertz CT molecular complexity index is 1500. The maximum absolute atomic E-state index is 11.9. The summed E-state index contributed by atoms with van der Waals surface area (Å²) in [7, 11) is 4.18. The number of ether oxygens (including phenoxy) is 2. The number of allylic oxidation sites excluding steroid dienone is 1. The maximum atomic E-state index is 11.9. The van der Waals surface area contributed by atoms with Crippen LogP contribution in [0.4, 0.5) is 11.6 Å². The van der Waals surface area contributed by atoms with Crippen molar-refractivity contribution in [2.45, 2.75) is 58.7 Å². The molecule has 0 bridgehead atoms. The topological polar surface area (TPSA) is 112 Å². The molecule has 1 fully saturated rings. The van der Waals surface area contributed by atoms with E-state index >= 15 is 0 Å². The number of nitrogens with one attached hydrogen (secondary N) is 2. The maximum Gasteiger partial charge on any atom is 0.320 e. The van der Waals surface area contributed by atoms with Crippen LogP contribution >= 0.6 is 0 Å². The largest absolute Gasteiger partial charge is 0.481 e. The highest BCUT2D eigenvalue weighted by molar-refractivity contribution is 5.87. The van der Waals surface area contributed by atoms with Crippen molar-refractivity contribution in [1.29, 1.82) is 0 Å². The Kier molecular flexibility index (Phi) is 9.19. The Morgan fingerprint density at radius 2 is 2.14 bits per heavy atom. The molecule has 230 valence electrons. The molecule has 2 aliphatic rings. The Labute approximate surface area is 253 Å². The summed E-state index contributed by atoms with van der Waals surface area (Å²) in [6, 6.07) is 4.68. The van der Waals surface area contributed by atoms with Gasteiger partial charge in [-0.3, -0.25) is 9.89 Å². The predicted octanol–water partition coefficient (Wildman–Crippen LogP) is 4.17. The van der Waals surface area contributed by atoms with Crippen molar-refractivity contribution in [3.05, 3.63) is 53.8 Å². The molecule has 2 aromatic heterocycles. The second kappa shape index (κ2) is 13.0. The number of rotatable bonds is 11. The molecular weight excluding hydrogens is 544 g/mol. The average molecular weight is 589 g/mol. The SMILES string of the molecule is C=CC(=O)NCCN(C/C(C)=C\C)c1nc(OC[C@@H]2CCCN2C)nc2c1O[C@@H](C)C(c1c(C)ccc3[nH]ncc13)N2C. The van der Waals surface area contributed by atoms with E-state index in [1.54, 1.807) is 0 Å². The van der Waals surface area contributed by atoms with Crippen molar-refractivity contribution < 1.29 is 14.3 Å². The van der Waals surface area contributed by atoms with Gasteiger partial charge in [-0.05, 0) is 77.4 Å². The average Bonchev–Trinajstić information content (AvgIpc) is 3.64. The van der Waals surface area contributed by atoms with Crippen LogP contribution in [-0.4, -0.2) is 90.0 Å². The molecule has 5 rings (SSSR count). The first kappa shape index (κ1) is 30.3. The zero-order chi connectivity index (χ0) is 30.7. The molecule has 4 heterocycles. The third-order valence-electron chi connectivity index (χ3n) is 8.66. The van der Waals surface area contributed by atoms with E-state index in [9.17, 15) is 4.79 Å². The van der Waals surface area contributed by atoms with Gasteiger partial charge in [-0.15, -0.1) is 0 Å². The van der Waals surface area contributed by atoms with Crippen molar-refractivity contribution in [2.75, 3.05) is 56.7 Å². The van der Waals surface area contributed by atoms with E-state index in [1.807, 2.05) is 13.1 Å². The number of amides is 1. The molecule has 2 N–H and O–H groups in total. The van der Waals surface area contributed by atoms with E-state index in [0.717, 1.165) is 47.0 Å². The first-order valence-corrected chi connectivity index (χ1v) is 15.1. The normalized spacial score (nSPS) is 20.6. The predicted molar refractivity (Wildman–Crippen MR) is 170 cm³/mol. The number of nitrogens with zero attached hydrogens (tertiary/aromatic N) is 6. The highest BCUT2D eigenvalue weighted by Gasteiger charge is 2.39. The van der Waals surface area contributed by atoms with Gasteiger partial charge in [-0.25, -0.2) is 0 Å². The summed E-state index contributed by atoms with van der Waals surface area (Å²) in [6.07, 6.45) is 7.26. The van der Waals surface area contributed by atoms with Crippen molar-refractivity contribution >= 4 is 28.4 Å². The van der Waals surface area contributed by atoms with E-state index in [-0.39, 0.29) is 18.1 Å². The molecule has 11 heteroatoms. The number of carbonyl (C=O) groups excluding carboxylic acids is 1. The summed E-state index contributed by atoms with van der Waals surface area (Å²) in [6.45, 7) is 15.0. The number of likely N-dealkylation sites (N-methyl/N-ethyl adjacent to an activating group) is 2. The third kappa shape index (κ3) is 6.31. The lowest BCUT2D eigenvalue weighted by Crippen LogP contribution is -2.42. The van der Waals surface area contributed by atoms with Gasteiger partial charge in [0.15, 0.2) is 11.6 Å². The van der Waals surface area contributed by atoms with Crippen molar-refractivity contribution in [1.82, 2.24) is 30.4 Å². The molecule has 2 aliphatic heterocycles. The molecule has 0 saturated carbocycles. The van der Waals surface area contributed by atoms with Crippen LogP contribution in [0.5, 0.6) is 11.8 Å². The lowest BCUT2D eigenvalue weighted by molar-refractivity contribution is -0.116. The number of hydrogen-bond donors (Lipinski definition) is 2. The van der Waals surface area contributed by atoms with Gasteiger partial charge in [0.1, 0.15) is 12.7 Å². The third-order valence-corrected chi connectivity index (χ3v) is 8.66. The van der Waals surface area contributed by atoms with Crippen LogP contribution in [0.15, 0.2) is 42.6 Å². The van der Waals surface area contributed by atoms with Crippen LogP contribution in [-0.2, 0) is 4.79 Å². The minimum Gasteiger partial charge on any atom is -0.481 e. The summed E-state index contributed by atoms with van der Waals surface area (Å²) < 4.78 is 13.1. The van der Waals surface area contributed by atoms with Gasteiger partial charge < -0.3 is 29.5 Å². The number of H-pyrrole nitrogens is 1. The molecule has 0 spiro atoms. The molecule has 1 aromatic carbocycles. The quantitative estimate of drug-likeness (QED) is 0.252. The van der Waals surface area contributed by atoms with Gasteiger partial charge in [0.05, 0.1) is 17.8 Å². The fourth-order valence-electron chi connectivity index (χ4n) is 6.10. The Hall–Kier alpha value is -4.12. The number of anilines is 2. The Balaban J connectivity index is 1.57. The number of aromatic amines is 1. The van der Waals surface area contributed by atoms with Crippen LogP contribution in [0.2, 0.25) is 0 Å². The molecule has 43 heavy (non-hydrogen) atoms. The van der Waals surface area contributed by atoms with Crippen molar-refractivity contribution in [3.8, 4) is 11.8 Å². The van der Waals surface area contributed by atoms with Crippen LogP contribution in [0, 0.1) is 6.92 Å². The van der Waals surface area contributed by atoms with Crippen LogP contribution in [0.1, 0.15) is 50.8 Å². The van der Waals surface area contributed by atoms with E-state index < -0.39 is 0 Å². The molecule has 1 amide bonds. The Morgan fingerprint density at radius 3 is 2.86 bits per heavy atom. The van der Waals surface area contributed by atoms with Crippen molar-refractivity contribution in [3.63, 3.8) is 0 Å². The molecule has 3 atom stereocenters. The van der Waals surface area contributed by atoms with Crippen LogP contribution < -0.4 is 24.6 Å². The second-order valence-corrected chi connectivity index (χ2v) is 11.6. The van der Waals surface area contributed by atoms with E-state index in [2.05, 4.69) is 89.9 Å². The standard InChI is InChI=1S/C32H44N8O3/c1-8-20(3)18-40(16-14-33-26(41)9-2)31-29-30(35-32(36-31)42-19-23-11-10-15-38(23)6)39(7)28(22(5)43-29)27-21(4)12-13-25-24(27)17-34-37-25/h8-9,12-13,17,22-23,28H,2,10-11,14-16,18-19H2,1,3-7H3,(H,33,41)(H,34,37)/b20-8-/t22-,23-,28?/m0/s1. The number of aromatic nitrogens is 4. The fraction of sp³-hybridized carbons (Fsp3) is 0.500. The number of carbonyl (C=O) groups is 1. The molecule has 0 aliphatic carbocycles. The van der Waals surface area contributed by atoms with E-state index in [1.165, 1.54) is 6.08 Å². The van der Waals surface area contributed by atoms with Gasteiger partial charge in [0.2, 0.25) is 11.7 Å². The fourth-order valence-corrected chi connectivity index (χ4v) is 6.10. The summed E-state index contributed by atoms with van der Waals surface area (Å²) in [5, 5.41) is 11.4. The van der Waals surface area contributed by atoms with Gasteiger partial charge in [0, 0.05) is 38.1 Å². The van der Waals surface area contributed by atoms with Gasteiger partial charge in [-0.2, -0.15) is 15.1 Å². The number of benzene rings is 1. The summed E-state index contributed by atoms with van der Waals surface area (Å²) in [4.78, 5) is 28.5. The van der Waals surface area contributed by atoms with Crippen LogP contribution in [0.25, 0.3) is 10.9 Å². The smallest absolute Gasteiger partial charge is 0.320 e. The minimum atomic E-state index is -0.219. The summed E-state index contributed by atoms with van der Waals surface area (Å²) in [5.74, 6) is 1.70. The lowest BCUT2D eigenvalue weighted by Gasteiger charge is -2.41. The summed E-state index contributed by atoms with van der Waals surface area (Å²) >= 11 is 0. The molecule has 0 radical (unpaired) electrons. The lowest BCUT2D eigenvalue weighted by atomic mass is 9.92. The highest BCUT2D eigenvalue weighted by atomic mass is 16.5. The van der Waals surface area contributed by atoms with E-state index in [4.69, 9.17) is 19.4 Å². The zero-order valence-electron chi connectivity index (χ0n) is 26.2. The first-order chi connectivity index (χ1) is 20.7. The Morgan fingerprint density at radius 1 is 1.33 bits per heavy atom. The van der Waals surface area contributed by atoms with Gasteiger partial charge in [-0.1, -0.05) is 24.3 Å². The zero-order valence-corrected chi connectivity index (χ0v) is 26.2. The van der Waals surface area contributed by atoms with Crippen LogP contribution in [0.3, 0.4) is 0 Å². The molecule has 11 nitrogen and oxygen atoms in total. The first-order valence-electron chi connectivity index (χ1n) is 15.1. The van der Waals surface area contributed by atoms with Crippen molar-refractivity contribution in [2.24, 2.45) is 0 Å².